The first-order chi connectivity index (χ1) is 14.4. The molecule has 0 amide bonds. The van der Waals surface area contributed by atoms with Gasteiger partial charge in [0.1, 0.15) is 5.75 Å². The Morgan fingerprint density at radius 3 is 2.50 bits per heavy atom. The van der Waals surface area contributed by atoms with Crippen LogP contribution in [0.4, 0.5) is 0 Å². The number of hydrogen-bond acceptors (Lipinski definition) is 5. The monoisotopic (exact) mass is 429 g/mol. The van der Waals surface area contributed by atoms with Crippen LogP contribution in [0, 0.1) is 13.8 Å². The van der Waals surface area contributed by atoms with Crippen molar-refractivity contribution in [2.75, 3.05) is 13.7 Å². The maximum atomic E-state index is 9.01. The second kappa shape index (κ2) is 8.61. The van der Waals surface area contributed by atoms with Crippen molar-refractivity contribution in [3.8, 4) is 5.75 Å². The third-order valence-electron chi connectivity index (χ3n) is 6.38. The lowest BCUT2D eigenvalue weighted by atomic mass is 9.84. The Kier molecular flexibility index (Phi) is 6.09. The standard InChI is InChI=1S/C23H25NO.H2O4S/c1-14-6-7-17-18(9-14)19-10-15(2)23(25-3)12-21(19)22-13-24-8-4-5-16(24)11-20(17)22;1-4-5(2)3/h6-7,9-10,12,16H,4-5,8,11,13H2,1-3H3;1H,(H,2,3)/t16-;/m0./s1. The Morgan fingerprint density at radius 2 is 1.80 bits per heavy atom. The largest absolute Gasteiger partial charge is 0.496 e. The minimum Gasteiger partial charge on any atom is -0.496 e. The van der Waals surface area contributed by atoms with Gasteiger partial charge >= 0.3 is 11.4 Å². The predicted octanol–water partition coefficient (Wildman–Crippen LogP) is 4.75. The number of aryl methyl sites for hydroxylation is 2. The zero-order valence-corrected chi connectivity index (χ0v) is 18.3. The molecule has 3 aromatic carbocycles. The normalized spacial score (nSPS) is 19.2. The molecule has 2 heterocycles. The van der Waals surface area contributed by atoms with Crippen LogP contribution in [0.25, 0.3) is 21.5 Å². The van der Waals surface area contributed by atoms with E-state index in [9.17, 15) is 0 Å². The number of ether oxygens (including phenoxy) is 1. The van der Waals surface area contributed by atoms with Gasteiger partial charge in [0, 0.05) is 12.6 Å². The Bertz CT molecular complexity index is 1130. The third kappa shape index (κ3) is 3.84. The van der Waals surface area contributed by atoms with Crippen LogP contribution in [0.1, 0.15) is 35.1 Å². The van der Waals surface area contributed by atoms with E-state index in [1.165, 1.54) is 64.0 Å². The van der Waals surface area contributed by atoms with Gasteiger partial charge in [-0.05, 0) is 90.0 Å². The van der Waals surface area contributed by atoms with E-state index in [0.717, 1.165) is 18.3 Å². The first-order valence-corrected chi connectivity index (χ1v) is 11.1. The molecule has 2 N–H and O–H groups in total. The van der Waals surface area contributed by atoms with Crippen molar-refractivity contribution in [3.05, 3.63) is 52.6 Å². The van der Waals surface area contributed by atoms with Crippen molar-refractivity contribution in [2.45, 2.75) is 45.7 Å². The van der Waals surface area contributed by atoms with E-state index in [1.807, 2.05) is 0 Å². The maximum Gasteiger partial charge on any atom is 0.330 e. The lowest BCUT2D eigenvalue weighted by Gasteiger charge is -2.33. The lowest BCUT2D eigenvalue weighted by molar-refractivity contribution is -0.131. The predicted molar refractivity (Wildman–Crippen MR) is 119 cm³/mol. The van der Waals surface area contributed by atoms with Crippen molar-refractivity contribution in [1.82, 2.24) is 4.90 Å². The van der Waals surface area contributed by atoms with Crippen LogP contribution >= 0.6 is 0 Å². The SMILES string of the molecule is COc1cc2c3c(c4ccc(C)cc4c2cc1C)C[C@@H]1CCCN1C3.O=S(O)OO. The van der Waals surface area contributed by atoms with E-state index in [1.54, 1.807) is 12.7 Å². The molecule has 0 aromatic heterocycles. The molecule has 2 atom stereocenters. The van der Waals surface area contributed by atoms with Crippen LogP contribution in [0.15, 0.2) is 30.3 Å². The lowest BCUT2D eigenvalue weighted by Crippen LogP contribution is -2.35. The summed E-state index contributed by atoms with van der Waals surface area (Å²) in [5, 5.41) is 12.7. The van der Waals surface area contributed by atoms with Crippen molar-refractivity contribution >= 4 is 32.9 Å². The van der Waals surface area contributed by atoms with E-state index >= 15 is 0 Å². The van der Waals surface area contributed by atoms with Crippen molar-refractivity contribution in [3.63, 3.8) is 0 Å². The summed E-state index contributed by atoms with van der Waals surface area (Å²) in [4.78, 5) is 2.69. The summed E-state index contributed by atoms with van der Waals surface area (Å²) in [6.45, 7) is 6.68. The van der Waals surface area contributed by atoms with Crippen molar-refractivity contribution in [2.24, 2.45) is 0 Å². The van der Waals surface area contributed by atoms with Crippen LogP contribution in [0.3, 0.4) is 0 Å². The fourth-order valence-electron chi connectivity index (χ4n) is 5.04. The topological polar surface area (TPSA) is 79.2 Å². The molecule has 2 aliphatic heterocycles. The summed E-state index contributed by atoms with van der Waals surface area (Å²) >= 11 is -2.52. The molecule has 0 aliphatic carbocycles. The van der Waals surface area contributed by atoms with Crippen molar-refractivity contribution < 1.29 is 23.1 Å². The van der Waals surface area contributed by atoms with E-state index in [-0.39, 0.29) is 0 Å². The molecule has 1 unspecified atom stereocenters. The molecule has 7 heteroatoms. The van der Waals surface area contributed by atoms with Crippen LogP contribution < -0.4 is 4.74 Å². The maximum absolute atomic E-state index is 9.01. The quantitative estimate of drug-likeness (QED) is 0.265. The highest BCUT2D eigenvalue weighted by atomic mass is 32.2. The zero-order chi connectivity index (χ0) is 21.4. The van der Waals surface area contributed by atoms with E-state index in [4.69, 9.17) is 18.8 Å². The summed E-state index contributed by atoms with van der Waals surface area (Å²) in [6, 6.07) is 12.3. The molecule has 2 aliphatic rings. The second-order valence-electron chi connectivity index (χ2n) is 8.14. The van der Waals surface area contributed by atoms with Gasteiger partial charge in [0.05, 0.1) is 7.11 Å². The molecule has 6 nitrogen and oxygen atoms in total. The second-order valence-corrected chi connectivity index (χ2v) is 8.72. The van der Waals surface area contributed by atoms with Crippen LogP contribution in [0.2, 0.25) is 0 Å². The fourth-order valence-corrected chi connectivity index (χ4v) is 5.04. The van der Waals surface area contributed by atoms with Gasteiger partial charge in [0.25, 0.3) is 0 Å². The molecule has 1 fully saturated rings. The van der Waals surface area contributed by atoms with Crippen LogP contribution in [0.5, 0.6) is 5.75 Å². The van der Waals surface area contributed by atoms with E-state index in [0.29, 0.717) is 0 Å². The van der Waals surface area contributed by atoms with Gasteiger partial charge in [-0.25, -0.2) is 5.26 Å². The molecule has 160 valence electrons. The van der Waals surface area contributed by atoms with Gasteiger partial charge in [-0.3, -0.25) is 9.45 Å². The van der Waals surface area contributed by atoms with Crippen LogP contribution in [-0.2, 0) is 28.7 Å². The number of nitrogens with zero attached hydrogens (tertiary/aromatic N) is 1. The fraction of sp³-hybridized carbons (Fsp3) is 0.391. The van der Waals surface area contributed by atoms with Crippen LogP contribution in [-0.4, -0.2) is 38.6 Å². The summed E-state index contributed by atoms with van der Waals surface area (Å²) < 4.78 is 24.8. The van der Waals surface area contributed by atoms with Gasteiger partial charge in [-0.15, -0.1) is 4.33 Å². The molecule has 0 radical (unpaired) electrons. The molecular weight excluding hydrogens is 402 g/mol. The highest BCUT2D eigenvalue weighted by Gasteiger charge is 2.32. The van der Waals surface area contributed by atoms with E-state index in [2.05, 4.69) is 53.4 Å². The van der Waals surface area contributed by atoms with Crippen molar-refractivity contribution in [1.29, 1.82) is 0 Å². The highest BCUT2D eigenvalue weighted by Crippen LogP contribution is 2.41. The molecule has 0 bridgehead atoms. The highest BCUT2D eigenvalue weighted by molar-refractivity contribution is 7.74. The molecule has 0 spiro atoms. The number of rotatable bonds is 2. The number of fused-ring (bicyclic) bond motifs is 7. The molecule has 30 heavy (non-hydrogen) atoms. The van der Waals surface area contributed by atoms with Gasteiger partial charge in [0.2, 0.25) is 0 Å². The van der Waals surface area contributed by atoms with Gasteiger partial charge < -0.3 is 4.74 Å². The number of hydrogen-bond donors (Lipinski definition) is 2. The zero-order valence-electron chi connectivity index (χ0n) is 17.5. The summed E-state index contributed by atoms with van der Waals surface area (Å²) in [6.07, 6.45) is 3.89. The minimum absolute atomic E-state index is 0.738. The molecule has 0 saturated carbocycles. The number of benzene rings is 3. The van der Waals surface area contributed by atoms with Gasteiger partial charge in [-0.2, -0.15) is 4.21 Å². The van der Waals surface area contributed by atoms with Gasteiger partial charge in [0.15, 0.2) is 0 Å². The first-order valence-electron chi connectivity index (χ1n) is 10.1. The Labute approximate surface area is 178 Å². The third-order valence-corrected chi connectivity index (χ3v) is 6.51. The molecular formula is C23H27NO5S. The smallest absolute Gasteiger partial charge is 0.330 e. The Hall–Kier alpha value is -2.03. The Morgan fingerprint density at radius 1 is 1.07 bits per heavy atom. The summed E-state index contributed by atoms with van der Waals surface area (Å²) in [5.41, 5.74) is 5.66. The first kappa shape index (κ1) is 21.2. The minimum atomic E-state index is -2.52. The average Bonchev–Trinajstić information content (AvgIpc) is 3.20. The summed E-state index contributed by atoms with van der Waals surface area (Å²) in [5.74, 6) is 1.00. The number of methoxy groups -OCH3 is 1. The molecule has 1 saturated heterocycles. The molecule has 5 rings (SSSR count). The van der Waals surface area contributed by atoms with E-state index < -0.39 is 11.4 Å². The molecule has 3 aromatic rings. The Balaban J connectivity index is 0.000000393. The summed E-state index contributed by atoms with van der Waals surface area (Å²) in [7, 11) is 1.78. The van der Waals surface area contributed by atoms with Gasteiger partial charge in [-0.1, -0.05) is 23.8 Å². The average molecular weight is 430 g/mol.